The van der Waals surface area contributed by atoms with E-state index in [1.165, 1.54) is 12.1 Å². The standard InChI is InChI=1S/C17H14N4O3/c1-11-5-2-3-8-14(11)17(22)18-16-10-15(19-20-16)12-6-4-7-13(9-12)21(23)24/h2-10H,1H3,(H2,18,19,20,22). The van der Waals surface area contributed by atoms with Crippen LogP contribution in [0.3, 0.4) is 0 Å². The second-order valence-electron chi connectivity index (χ2n) is 5.24. The summed E-state index contributed by atoms with van der Waals surface area (Å²) >= 11 is 0. The van der Waals surface area contributed by atoms with Crippen LogP contribution in [-0.2, 0) is 0 Å². The molecule has 2 N–H and O–H groups in total. The Labute approximate surface area is 137 Å². The fourth-order valence-electron chi connectivity index (χ4n) is 2.33. The molecule has 7 heteroatoms. The van der Waals surface area contributed by atoms with E-state index in [4.69, 9.17) is 0 Å². The first-order chi connectivity index (χ1) is 11.5. The van der Waals surface area contributed by atoms with Crippen LogP contribution in [0.5, 0.6) is 0 Å². The van der Waals surface area contributed by atoms with Gasteiger partial charge in [0, 0.05) is 29.3 Å². The molecule has 0 bridgehead atoms. The van der Waals surface area contributed by atoms with E-state index in [0.29, 0.717) is 22.6 Å². The SMILES string of the molecule is Cc1ccccc1C(=O)Nc1cc(-c2cccc([N+](=O)[O-])c2)[nH]n1. The van der Waals surface area contributed by atoms with Gasteiger partial charge in [-0.2, -0.15) is 5.10 Å². The van der Waals surface area contributed by atoms with Crippen molar-refractivity contribution in [3.63, 3.8) is 0 Å². The van der Waals surface area contributed by atoms with Gasteiger partial charge in [-0.3, -0.25) is 20.0 Å². The molecule has 0 fully saturated rings. The summed E-state index contributed by atoms with van der Waals surface area (Å²) in [4.78, 5) is 22.7. The second kappa shape index (κ2) is 6.33. The van der Waals surface area contributed by atoms with Gasteiger partial charge in [-0.25, -0.2) is 0 Å². The number of hydrogen-bond acceptors (Lipinski definition) is 4. The zero-order valence-corrected chi connectivity index (χ0v) is 12.8. The average Bonchev–Trinajstić information content (AvgIpc) is 3.04. The Kier molecular flexibility index (Phi) is 4.07. The van der Waals surface area contributed by atoms with Crippen LogP contribution >= 0.6 is 0 Å². The zero-order valence-electron chi connectivity index (χ0n) is 12.8. The molecule has 7 nitrogen and oxygen atoms in total. The molecule has 1 amide bonds. The van der Waals surface area contributed by atoms with Crippen molar-refractivity contribution in [2.75, 3.05) is 5.32 Å². The largest absolute Gasteiger partial charge is 0.305 e. The van der Waals surface area contributed by atoms with Crippen LogP contribution in [0.4, 0.5) is 11.5 Å². The maximum absolute atomic E-state index is 12.3. The molecule has 0 aliphatic rings. The first kappa shape index (κ1) is 15.4. The number of nitrogens with zero attached hydrogens (tertiary/aromatic N) is 2. The molecule has 0 radical (unpaired) electrons. The lowest BCUT2D eigenvalue weighted by Gasteiger charge is -2.04. The van der Waals surface area contributed by atoms with Crippen LogP contribution in [0.15, 0.2) is 54.6 Å². The Bertz CT molecular complexity index is 917. The first-order valence-corrected chi connectivity index (χ1v) is 7.22. The summed E-state index contributed by atoms with van der Waals surface area (Å²) < 4.78 is 0. The van der Waals surface area contributed by atoms with Gasteiger partial charge in [0.25, 0.3) is 11.6 Å². The highest BCUT2D eigenvalue weighted by Crippen LogP contribution is 2.24. The van der Waals surface area contributed by atoms with Gasteiger partial charge >= 0.3 is 0 Å². The van der Waals surface area contributed by atoms with Gasteiger partial charge in [0.2, 0.25) is 0 Å². The van der Waals surface area contributed by atoms with E-state index in [1.807, 2.05) is 19.1 Å². The van der Waals surface area contributed by atoms with Crippen LogP contribution in [0.2, 0.25) is 0 Å². The molecule has 0 spiro atoms. The molecule has 3 aromatic rings. The highest BCUT2D eigenvalue weighted by atomic mass is 16.6. The minimum absolute atomic E-state index is 0.00686. The number of benzene rings is 2. The molecule has 1 heterocycles. The smallest absolute Gasteiger partial charge is 0.270 e. The Morgan fingerprint density at radius 2 is 1.96 bits per heavy atom. The minimum Gasteiger partial charge on any atom is -0.305 e. The number of aromatic amines is 1. The summed E-state index contributed by atoms with van der Waals surface area (Å²) in [5, 5.41) is 20.4. The normalized spacial score (nSPS) is 10.4. The number of nitrogens with one attached hydrogen (secondary N) is 2. The summed E-state index contributed by atoms with van der Waals surface area (Å²) in [6.07, 6.45) is 0. The van der Waals surface area contributed by atoms with E-state index >= 15 is 0 Å². The van der Waals surface area contributed by atoms with Crippen molar-refractivity contribution in [3.05, 3.63) is 75.8 Å². The van der Waals surface area contributed by atoms with Crippen LogP contribution < -0.4 is 5.32 Å². The first-order valence-electron chi connectivity index (χ1n) is 7.22. The van der Waals surface area contributed by atoms with Crippen molar-refractivity contribution in [1.29, 1.82) is 0 Å². The number of H-pyrrole nitrogens is 1. The van der Waals surface area contributed by atoms with Crippen LogP contribution in [-0.4, -0.2) is 21.0 Å². The maximum Gasteiger partial charge on any atom is 0.270 e. The number of aromatic nitrogens is 2. The molecular formula is C17H14N4O3. The third kappa shape index (κ3) is 3.14. The fourth-order valence-corrected chi connectivity index (χ4v) is 2.33. The predicted octanol–water partition coefficient (Wildman–Crippen LogP) is 3.55. The number of nitro groups is 1. The Balaban J connectivity index is 1.81. The van der Waals surface area contributed by atoms with Crippen molar-refractivity contribution >= 4 is 17.4 Å². The van der Waals surface area contributed by atoms with Crippen molar-refractivity contribution in [1.82, 2.24) is 10.2 Å². The Morgan fingerprint density at radius 3 is 2.71 bits per heavy atom. The summed E-state index contributed by atoms with van der Waals surface area (Å²) in [5.41, 5.74) is 2.63. The van der Waals surface area contributed by atoms with Crippen molar-refractivity contribution in [2.45, 2.75) is 6.92 Å². The molecule has 0 saturated heterocycles. The van der Waals surface area contributed by atoms with Crippen molar-refractivity contribution < 1.29 is 9.72 Å². The number of nitro benzene ring substituents is 1. The third-order valence-corrected chi connectivity index (χ3v) is 3.58. The van der Waals surface area contributed by atoms with E-state index in [9.17, 15) is 14.9 Å². The summed E-state index contributed by atoms with van der Waals surface area (Å²) in [7, 11) is 0. The zero-order chi connectivity index (χ0) is 17.1. The van der Waals surface area contributed by atoms with Gasteiger partial charge in [0.1, 0.15) is 0 Å². The molecule has 2 aromatic carbocycles. The van der Waals surface area contributed by atoms with E-state index < -0.39 is 4.92 Å². The Morgan fingerprint density at radius 1 is 1.17 bits per heavy atom. The van der Waals surface area contributed by atoms with Crippen LogP contribution in [0.1, 0.15) is 15.9 Å². The number of carbonyl (C=O) groups is 1. The summed E-state index contributed by atoms with van der Waals surface area (Å²) in [6, 6.07) is 15.1. The van der Waals surface area contributed by atoms with Gasteiger partial charge in [-0.1, -0.05) is 30.3 Å². The quantitative estimate of drug-likeness (QED) is 0.566. The average molecular weight is 322 g/mol. The highest BCUT2D eigenvalue weighted by Gasteiger charge is 2.12. The van der Waals surface area contributed by atoms with E-state index in [0.717, 1.165) is 5.56 Å². The molecule has 24 heavy (non-hydrogen) atoms. The number of aryl methyl sites for hydroxylation is 1. The monoisotopic (exact) mass is 322 g/mol. The number of rotatable bonds is 4. The molecule has 0 aliphatic carbocycles. The number of carbonyl (C=O) groups excluding carboxylic acids is 1. The second-order valence-corrected chi connectivity index (χ2v) is 5.24. The van der Waals surface area contributed by atoms with Crippen LogP contribution in [0, 0.1) is 17.0 Å². The number of hydrogen-bond donors (Lipinski definition) is 2. The summed E-state index contributed by atoms with van der Waals surface area (Å²) in [5.74, 6) is 0.0925. The predicted molar refractivity (Wildman–Crippen MR) is 89.8 cm³/mol. The lowest BCUT2D eigenvalue weighted by atomic mass is 10.1. The van der Waals surface area contributed by atoms with E-state index in [2.05, 4.69) is 15.5 Å². The molecule has 0 saturated carbocycles. The number of anilines is 1. The minimum atomic E-state index is -0.458. The molecule has 0 atom stereocenters. The molecule has 0 aliphatic heterocycles. The van der Waals surface area contributed by atoms with Crippen molar-refractivity contribution in [2.24, 2.45) is 0 Å². The lowest BCUT2D eigenvalue weighted by molar-refractivity contribution is -0.384. The number of amides is 1. The van der Waals surface area contributed by atoms with E-state index in [1.54, 1.807) is 30.3 Å². The highest BCUT2D eigenvalue weighted by molar-refractivity contribution is 6.04. The van der Waals surface area contributed by atoms with E-state index in [-0.39, 0.29) is 11.6 Å². The van der Waals surface area contributed by atoms with Crippen LogP contribution in [0.25, 0.3) is 11.3 Å². The molecule has 120 valence electrons. The molecular weight excluding hydrogens is 308 g/mol. The number of non-ortho nitro benzene ring substituents is 1. The lowest BCUT2D eigenvalue weighted by Crippen LogP contribution is -2.13. The van der Waals surface area contributed by atoms with Gasteiger partial charge in [0.15, 0.2) is 5.82 Å². The molecule has 0 unspecified atom stereocenters. The third-order valence-electron chi connectivity index (χ3n) is 3.58. The van der Waals surface area contributed by atoms with Gasteiger partial charge in [-0.15, -0.1) is 0 Å². The fraction of sp³-hybridized carbons (Fsp3) is 0.0588. The Hall–Kier alpha value is -3.48. The molecule has 3 rings (SSSR count). The molecule has 1 aromatic heterocycles. The van der Waals surface area contributed by atoms with Gasteiger partial charge in [0.05, 0.1) is 10.6 Å². The topological polar surface area (TPSA) is 101 Å². The summed E-state index contributed by atoms with van der Waals surface area (Å²) in [6.45, 7) is 1.86. The van der Waals surface area contributed by atoms with Gasteiger partial charge < -0.3 is 5.32 Å². The van der Waals surface area contributed by atoms with Gasteiger partial charge in [-0.05, 0) is 18.6 Å². The van der Waals surface area contributed by atoms with Crippen molar-refractivity contribution in [3.8, 4) is 11.3 Å². The maximum atomic E-state index is 12.3.